The van der Waals surface area contributed by atoms with Crippen LogP contribution in [0.3, 0.4) is 0 Å². The average molecular weight is 238 g/mol. The summed E-state index contributed by atoms with van der Waals surface area (Å²) in [4.78, 5) is 7.96. The van der Waals surface area contributed by atoms with E-state index in [1.807, 2.05) is 0 Å². The Labute approximate surface area is 97.1 Å². The van der Waals surface area contributed by atoms with Crippen molar-refractivity contribution in [2.24, 2.45) is 5.73 Å². The van der Waals surface area contributed by atoms with Gasteiger partial charge in [0.1, 0.15) is 5.82 Å². The summed E-state index contributed by atoms with van der Waals surface area (Å²) in [5.74, 6) is -0.376. The third kappa shape index (κ3) is 2.18. The summed E-state index contributed by atoms with van der Waals surface area (Å²) in [6, 6.07) is 3.50. The number of nitrogens with two attached hydrogens (primary N) is 1. The quantitative estimate of drug-likeness (QED) is 0.872. The molecule has 16 heavy (non-hydrogen) atoms. The molecule has 0 saturated heterocycles. The molecule has 0 saturated carbocycles. The maximum Gasteiger partial charge on any atom is 0.123 e. The highest BCUT2D eigenvalue weighted by atomic mass is 35.5. The van der Waals surface area contributed by atoms with Crippen LogP contribution >= 0.6 is 11.6 Å². The summed E-state index contributed by atoms with van der Waals surface area (Å²) in [7, 11) is 0. The van der Waals surface area contributed by atoms with Crippen LogP contribution in [0, 0.1) is 5.82 Å². The third-order valence-corrected chi connectivity index (χ3v) is 2.54. The van der Waals surface area contributed by atoms with Gasteiger partial charge in [-0.05, 0) is 23.8 Å². The van der Waals surface area contributed by atoms with Crippen LogP contribution in [-0.2, 0) is 0 Å². The van der Waals surface area contributed by atoms with Gasteiger partial charge in [0.15, 0.2) is 0 Å². The van der Waals surface area contributed by atoms with Crippen molar-refractivity contribution in [2.75, 3.05) is 0 Å². The molecule has 0 spiro atoms. The zero-order chi connectivity index (χ0) is 11.5. The summed E-state index contributed by atoms with van der Waals surface area (Å²) in [5.41, 5.74) is 6.99. The van der Waals surface area contributed by atoms with Gasteiger partial charge >= 0.3 is 0 Å². The first kappa shape index (κ1) is 11.0. The molecule has 1 aromatic carbocycles. The van der Waals surface area contributed by atoms with Gasteiger partial charge in [0.25, 0.3) is 0 Å². The van der Waals surface area contributed by atoms with E-state index in [4.69, 9.17) is 17.3 Å². The van der Waals surface area contributed by atoms with Gasteiger partial charge in [-0.3, -0.25) is 9.97 Å². The van der Waals surface area contributed by atoms with Crippen molar-refractivity contribution < 1.29 is 4.39 Å². The van der Waals surface area contributed by atoms with Gasteiger partial charge in [0, 0.05) is 17.4 Å². The smallest absolute Gasteiger partial charge is 0.123 e. The van der Waals surface area contributed by atoms with Gasteiger partial charge in [-0.2, -0.15) is 0 Å². The SMILES string of the molecule is NC(c1cnccn1)c1cc(F)ccc1Cl. The summed E-state index contributed by atoms with van der Waals surface area (Å²) in [6.45, 7) is 0. The molecule has 5 heteroatoms. The molecule has 2 rings (SSSR count). The van der Waals surface area contributed by atoms with Crippen molar-refractivity contribution >= 4 is 11.6 Å². The zero-order valence-corrected chi connectivity index (χ0v) is 9.03. The number of halogens is 2. The van der Waals surface area contributed by atoms with Gasteiger partial charge in [-0.1, -0.05) is 11.6 Å². The fraction of sp³-hybridized carbons (Fsp3) is 0.0909. The number of benzene rings is 1. The monoisotopic (exact) mass is 237 g/mol. The molecule has 82 valence electrons. The van der Waals surface area contributed by atoms with Crippen LogP contribution in [0.4, 0.5) is 4.39 Å². The average Bonchev–Trinajstić information content (AvgIpc) is 2.32. The van der Waals surface area contributed by atoms with Crippen LogP contribution in [0.15, 0.2) is 36.8 Å². The van der Waals surface area contributed by atoms with E-state index in [2.05, 4.69) is 9.97 Å². The minimum Gasteiger partial charge on any atom is -0.319 e. The molecule has 0 radical (unpaired) electrons. The minimum atomic E-state index is -0.572. The summed E-state index contributed by atoms with van der Waals surface area (Å²) >= 11 is 5.95. The molecule has 0 fully saturated rings. The predicted molar refractivity (Wildman–Crippen MR) is 59.5 cm³/mol. The van der Waals surface area contributed by atoms with Gasteiger partial charge in [0.2, 0.25) is 0 Å². The highest BCUT2D eigenvalue weighted by Gasteiger charge is 2.14. The number of hydrogen-bond donors (Lipinski definition) is 1. The molecule has 1 heterocycles. The second-order valence-corrected chi connectivity index (χ2v) is 3.68. The Hall–Kier alpha value is -1.52. The fourth-order valence-corrected chi connectivity index (χ4v) is 1.62. The van der Waals surface area contributed by atoms with E-state index in [1.165, 1.54) is 30.6 Å². The topological polar surface area (TPSA) is 51.8 Å². The van der Waals surface area contributed by atoms with Crippen molar-refractivity contribution in [1.82, 2.24) is 9.97 Å². The molecule has 1 unspecified atom stereocenters. The number of aromatic nitrogens is 2. The van der Waals surface area contributed by atoms with Gasteiger partial charge < -0.3 is 5.73 Å². The normalized spacial score (nSPS) is 12.4. The highest BCUT2D eigenvalue weighted by Crippen LogP contribution is 2.25. The Morgan fingerprint density at radius 2 is 2.12 bits per heavy atom. The lowest BCUT2D eigenvalue weighted by Crippen LogP contribution is -2.14. The lowest BCUT2D eigenvalue weighted by molar-refractivity contribution is 0.623. The van der Waals surface area contributed by atoms with Gasteiger partial charge in [-0.25, -0.2) is 4.39 Å². The second-order valence-electron chi connectivity index (χ2n) is 3.27. The van der Waals surface area contributed by atoms with Crippen molar-refractivity contribution in [1.29, 1.82) is 0 Å². The van der Waals surface area contributed by atoms with Crippen LogP contribution in [0.1, 0.15) is 17.3 Å². The van der Waals surface area contributed by atoms with Gasteiger partial charge in [0.05, 0.1) is 17.9 Å². The van der Waals surface area contributed by atoms with E-state index in [0.717, 1.165) is 0 Å². The van der Waals surface area contributed by atoms with E-state index in [1.54, 1.807) is 6.20 Å². The summed E-state index contributed by atoms with van der Waals surface area (Å²) in [5, 5.41) is 0.416. The molecule has 0 aliphatic heterocycles. The largest absolute Gasteiger partial charge is 0.319 e. The first-order valence-corrected chi connectivity index (χ1v) is 5.02. The predicted octanol–water partition coefficient (Wildman–Crippen LogP) is 2.32. The maximum atomic E-state index is 13.1. The number of nitrogens with zero attached hydrogens (tertiary/aromatic N) is 2. The van der Waals surface area contributed by atoms with Crippen molar-refractivity contribution in [3.63, 3.8) is 0 Å². The van der Waals surface area contributed by atoms with Crippen molar-refractivity contribution in [2.45, 2.75) is 6.04 Å². The van der Waals surface area contributed by atoms with Crippen LogP contribution in [0.5, 0.6) is 0 Å². The van der Waals surface area contributed by atoms with Crippen LogP contribution in [-0.4, -0.2) is 9.97 Å². The molecule has 0 amide bonds. The van der Waals surface area contributed by atoms with Crippen molar-refractivity contribution in [3.05, 3.63) is 58.9 Å². The molecule has 3 nitrogen and oxygen atoms in total. The molecule has 2 aromatic rings. The van der Waals surface area contributed by atoms with Gasteiger partial charge in [-0.15, -0.1) is 0 Å². The molecular weight excluding hydrogens is 229 g/mol. The van der Waals surface area contributed by atoms with Crippen LogP contribution in [0.25, 0.3) is 0 Å². The second kappa shape index (κ2) is 4.55. The Bertz CT molecular complexity index is 490. The lowest BCUT2D eigenvalue weighted by atomic mass is 10.0. The minimum absolute atomic E-state index is 0.376. The first-order chi connectivity index (χ1) is 7.68. The third-order valence-electron chi connectivity index (χ3n) is 2.19. The van der Waals surface area contributed by atoms with Crippen LogP contribution in [0.2, 0.25) is 5.02 Å². The molecule has 1 aromatic heterocycles. The van der Waals surface area contributed by atoms with E-state index in [9.17, 15) is 4.39 Å². The van der Waals surface area contributed by atoms with E-state index in [0.29, 0.717) is 16.3 Å². The lowest BCUT2D eigenvalue weighted by Gasteiger charge is -2.12. The highest BCUT2D eigenvalue weighted by molar-refractivity contribution is 6.31. The molecule has 0 aliphatic rings. The standard InChI is InChI=1S/C11H9ClFN3/c12-9-2-1-7(13)5-8(9)11(14)10-6-15-3-4-16-10/h1-6,11H,14H2. The molecule has 0 bridgehead atoms. The fourth-order valence-electron chi connectivity index (χ4n) is 1.38. The molecular formula is C11H9ClFN3. The van der Waals surface area contributed by atoms with Crippen LogP contribution < -0.4 is 5.73 Å². The van der Waals surface area contributed by atoms with Crippen molar-refractivity contribution in [3.8, 4) is 0 Å². The Balaban J connectivity index is 2.41. The molecule has 0 aliphatic carbocycles. The first-order valence-electron chi connectivity index (χ1n) is 4.65. The molecule has 1 atom stereocenters. The number of rotatable bonds is 2. The molecule has 2 N–H and O–H groups in total. The van der Waals surface area contributed by atoms with E-state index < -0.39 is 6.04 Å². The number of hydrogen-bond acceptors (Lipinski definition) is 3. The van der Waals surface area contributed by atoms with E-state index in [-0.39, 0.29) is 5.82 Å². The Morgan fingerprint density at radius 1 is 1.31 bits per heavy atom. The Morgan fingerprint density at radius 3 is 2.81 bits per heavy atom. The summed E-state index contributed by atoms with van der Waals surface area (Å²) < 4.78 is 13.1. The maximum absolute atomic E-state index is 13.1. The zero-order valence-electron chi connectivity index (χ0n) is 8.27. The summed E-state index contributed by atoms with van der Waals surface area (Å²) in [6.07, 6.45) is 4.61. The Kier molecular flexibility index (Phi) is 3.12. The van der Waals surface area contributed by atoms with E-state index >= 15 is 0 Å².